The minimum absolute atomic E-state index is 0.360. The molecule has 2 aliphatic rings. The molecule has 1 N–H and O–H groups in total. The van der Waals surface area contributed by atoms with Crippen molar-refractivity contribution in [1.82, 2.24) is 14.9 Å². The molecule has 1 atom stereocenters. The highest BCUT2D eigenvalue weighted by atomic mass is 16.5. The topological polar surface area (TPSA) is 67.3 Å². The third kappa shape index (κ3) is 5.26. The largest absolute Gasteiger partial charge is 0.463 e. The molecule has 0 aromatic carbocycles. The van der Waals surface area contributed by atoms with Gasteiger partial charge < -0.3 is 10.1 Å². The number of piperidine rings is 1. The molecule has 1 aliphatic carbocycles. The monoisotopic (exact) mass is 344 g/mol. The number of likely N-dealkylation sites (tertiary alicyclic amines) is 1. The average Bonchev–Trinajstić information content (AvgIpc) is 3.16. The summed E-state index contributed by atoms with van der Waals surface area (Å²) in [5.74, 6) is 0.437. The Kier molecular flexibility index (Phi) is 6.39. The van der Waals surface area contributed by atoms with Crippen LogP contribution in [0.5, 0.6) is 0 Å². The van der Waals surface area contributed by atoms with Crippen molar-refractivity contribution >= 4 is 17.9 Å². The number of hydrogen-bond acceptors (Lipinski definition) is 6. The minimum atomic E-state index is -0.360. The predicted octanol–water partition coefficient (Wildman–Crippen LogP) is 2.87. The third-order valence-corrected chi connectivity index (χ3v) is 4.99. The van der Waals surface area contributed by atoms with Gasteiger partial charge in [0.05, 0.1) is 24.7 Å². The second kappa shape index (κ2) is 8.94. The van der Waals surface area contributed by atoms with E-state index in [0.29, 0.717) is 18.3 Å². The van der Waals surface area contributed by atoms with E-state index < -0.39 is 0 Å². The molecule has 0 bridgehead atoms. The number of esters is 1. The van der Waals surface area contributed by atoms with Gasteiger partial charge in [-0.2, -0.15) is 0 Å². The van der Waals surface area contributed by atoms with Gasteiger partial charge in [-0.05, 0) is 45.2 Å². The van der Waals surface area contributed by atoms with Crippen LogP contribution in [0.4, 0.5) is 5.82 Å². The van der Waals surface area contributed by atoms with E-state index >= 15 is 0 Å². The third-order valence-electron chi connectivity index (χ3n) is 4.99. The lowest BCUT2D eigenvalue weighted by atomic mass is 10.0. The Morgan fingerprint density at radius 1 is 1.28 bits per heavy atom. The Morgan fingerprint density at radius 2 is 2.12 bits per heavy atom. The van der Waals surface area contributed by atoms with E-state index in [1.54, 1.807) is 25.4 Å². The maximum atomic E-state index is 11.3. The number of carbonyl (C=O) groups excluding carboxylic acids is 1. The van der Waals surface area contributed by atoms with Gasteiger partial charge in [0.25, 0.3) is 0 Å². The van der Waals surface area contributed by atoms with Crippen LogP contribution in [0.15, 0.2) is 18.5 Å². The smallest absolute Gasteiger partial charge is 0.330 e. The van der Waals surface area contributed by atoms with Crippen LogP contribution < -0.4 is 5.32 Å². The number of hydrogen-bond donors (Lipinski definition) is 1. The molecule has 1 saturated heterocycles. The SMILES string of the molecule is CCOC(=O)/C=C/c1cnc(N[C@@H]2CCCN(C3CCCC3)C2)cn1. The Balaban J connectivity index is 1.51. The van der Waals surface area contributed by atoms with Crippen LogP contribution in [-0.2, 0) is 9.53 Å². The first kappa shape index (κ1) is 17.9. The quantitative estimate of drug-likeness (QED) is 0.632. The Bertz CT molecular complexity index is 582. The second-order valence-corrected chi connectivity index (χ2v) is 6.83. The van der Waals surface area contributed by atoms with Crippen molar-refractivity contribution in [1.29, 1.82) is 0 Å². The Morgan fingerprint density at radius 3 is 2.84 bits per heavy atom. The molecule has 0 spiro atoms. The zero-order chi connectivity index (χ0) is 17.5. The van der Waals surface area contributed by atoms with E-state index in [1.807, 2.05) is 0 Å². The number of carbonyl (C=O) groups is 1. The highest BCUT2D eigenvalue weighted by Gasteiger charge is 2.27. The van der Waals surface area contributed by atoms with Gasteiger partial charge in [0, 0.05) is 24.7 Å². The number of anilines is 1. The Labute approximate surface area is 149 Å². The fourth-order valence-electron chi connectivity index (χ4n) is 3.78. The lowest BCUT2D eigenvalue weighted by Crippen LogP contribution is -2.46. The fourth-order valence-corrected chi connectivity index (χ4v) is 3.78. The van der Waals surface area contributed by atoms with Gasteiger partial charge in [-0.15, -0.1) is 0 Å². The van der Waals surface area contributed by atoms with Crippen molar-refractivity contribution in [2.45, 2.75) is 57.5 Å². The van der Waals surface area contributed by atoms with Crippen LogP contribution in [-0.4, -0.2) is 52.6 Å². The summed E-state index contributed by atoms with van der Waals surface area (Å²) in [5, 5.41) is 3.52. The van der Waals surface area contributed by atoms with Crippen LogP contribution in [0.3, 0.4) is 0 Å². The molecule has 25 heavy (non-hydrogen) atoms. The molecule has 0 radical (unpaired) electrons. The fraction of sp³-hybridized carbons (Fsp3) is 0.632. The molecule has 6 nitrogen and oxygen atoms in total. The minimum Gasteiger partial charge on any atom is -0.463 e. The molecule has 2 fully saturated rings. The molecule has 1 aliphatic heterocycles. The molecular weight excluding hydrogens is 316 g/mol. The first-order valence-electron chi connectivity index (χ1n) is 9.42. The van der Waals surface area contributed by atoms with Crippen LogP contribution in [0.25, 0.3) is 6.08 Å². The molecule has 0 amide bonds. The second-order valence-electron chi connectivity index (χ2n) is 6.83. The summed E-state index contributed by atoms with van der Waals surface area (Å²) < 4.78 is 4.85. The van der Waals surface area contributed by atoms with Crippen molar-refractivity contribution in [3.63, 3.8) is 0 Å². The summed E-state index contributed by atoms with van der Waals surface area (Å²) in [7, 11) is 0. The van der Waals surface area contributed by atoms with E-state index in [-0.39, 0.29) is 5.97 Å². The molecule has 2 heterocycles. The highest BCUT2D eigenvalue weighted by molar-refractivity contribution is 5.86. The first-order chi connectivity index (χ1) is 12.2. The van der Waals surface area contributed by atoms with Gasteiger partial charge in [0.1, 0.15) is 5.82 Å². The van der Waals surface area contributed by atoms with Crippen molar-refractivity contribution in [2.75, 3.05) is 25.0 Å². The van der Waals surface area contributed by atoms with E-state index in [4.69, 9.17) is 4.74 Å². The molecule has 1 saturated carbocycles. The summed E-state index contributed by atoms with van der Waals surface area (Å²) in [4.78, 5) is 22.7. The van der Waals surface area contributed by atoms with Crippen molar-refractivity contribution in [3.8, 4) is 0 Å². The van der Waals surface area contributed by atoms with Crippen LogP contribution >= 0.6 is 0 Å². The number of ether oxygens (including phenoxy) is 1. The predicted molar refractivity (Wildman–Crippen MR) is 98.2 cm³/mol. The van der Waals surface area contributed by atoms with E-state index in [9.17, 15) is 4.79 Å². The number of nitrogens with zero attached hydrogens (tertiary/aromatic N) is 3. The van der Waals surface area contributed by atoms with Crippen LogP contribution in [0, 0.1) is 0 Å². The van der Waals surface area contributed by atoms with Crippen molar-refractivity contribution in [3.05, 3.63) is 24.2 Å². The molecule has 1 aromatic rings. The molecular formula is C19H28N4O2. The average molecular weight is 344 g/mol. The molecule has 3 rings (SSSR count). The summed E-state index contributed by atoms with van der Waals surface area (Å²) in [6.45, 7) is 4.48. The Hall–Kier alpha value is -1.95. The highest BCUT2D eigenvalue weighted by Crippen LogP contribution is 2.26. The molecule has 6 heteroatoms. The van der Waals surface area contributed by atoms with Crippen LogP contribution in [0.2, 0.25) is 0 Å². The van der Waals surface area contributed by atoms with Gasteiger partial charge in [-0.1, -0.05) is 12.8 Å². The van der Waals surface area contributed by atoms with Gasteiger partial charge in [-0.25, -0.2) is 9.78 Å². The van der Waals surface area contributed by atoms with Gasteiger partial charge in [-0.3, -0.25) is 9.88 Å². The van der Waals surface area contributed by atoms with E-state index in [1.165, 1.54) is 51.1 Å². The summed E-state index contributed by atoms with van der Waals surface area (Å²) >= 11 is 0. The normalized spacial score (nSPS) is 22.4. The lowest BCUT2D eigenvalue weighted by Gasteiger charge is -2.37. The number of nitrogens with one attached hydrogen (secondary N) is 1. The molecule has 136 valence electrons. The van der Waals surface area contributed by atoms with E-state index in [0.717, 1.165) is 18.4 Å². The standard InChI is InChI=1S/C19H28N4O2/c1-2-25-19(24)10-9-15-12-21-18(13-20-15)22-16-6-5-11-23(14-16)17-7-3-4-8-17/h9-10,12-13,16-17H,2-8,11,14H2,1H3,(H,21,22)/b10-9+/t16-/m1/s1. The zero-order valence-corrected chi connectivity index (χ0v) is 15.0. The summed E-state index contributed by atoms with van der Waals surface area (Å²) in [6, 6.07) is 1.22. The zero-order valence-electron chi connectivity index (χ0n) is 15.0. The lowest BCUT2D eigenvalue weighted by molar-refractivity contribution is -0.137. The van der Waals surface area contributed by atoms with Crippen LogP contribution in [0.1, 0.15) is 51.1 Å². The molecule has 0 unspecified atom stereocenters. The summed E-state index contributed by atoms with van der Waals surface area (Å²) in [5.41, 5.74) is 0.648. The van der Waals surface area contributed by atoms with Crippen molar-refractivity contribution < 1.29 is 9.53 Å². The summed E-state index contributed by atoms with van der Waals surface area (Å²) in [6.07, 6.45) is 14.3. The van der Waals surface area contributed by atoms with Gasteiger partial charge in [0.2, 0.25) is 0 Å². The van der Waals surface area contributed by atoms with Gasteiger partial charge in [0.15, 0.2) is 0 Å². The number of rotatable bonds is 6. The molecule has 1 aromatic heterocycles. The van der Waals surface area contributed by atoms with Gasteiger partial charge >= 0.3 is 5.97 Å². The maximum Gasteiger partial charge on any atom is 0.330 e. The van der Waals surface area contributed by atoms with Crippen molar-refractivity contribution in [2.24, 2.45) is 0 Å². The van der Waals surface area contributed by atoms with E-state index in [2.05, 4.69) is 20.2 Å². The first-order valence-corrected chi connectivity index (χ1v) is 9.42. The number of aromatic nitrogens is 2. The maximum absolute atomic E-state index is 11.3.